The summed E-state index contributed by atoms with van der Waals surface area (Å²) in [5.74, 6) is -1.74. The van der Waals surface area contributed by atoms with E-state index in [-0.39, 0.29) is 23.8 Å². The zero-order valence-electron chi connectivity index (χ0n) is 14.4. The summed E-state index contributed by atoms with van der Waals surface area (Å²) in [4.78, 5) is 35.9. The second-order valence-corrected chi connectivity index (χ2v) is 6.91. The molecule has 23 heavy (non-hydrogen) atoms. The number of hydrogen-bond acceptors (Lipinski definition) is 4. The fourth-order valence-corrected chi connectivity index (χ4v) is 2.65. The monoisotopic (exact) mass is 327 g/mol. The number of carbonyl (C=O) groups is 3. The van der Waals surface area contributed by atoms with Gasteiger partial charge in [0.2, 0.25) is 11.8 Å². The van der Waals surface area contributed by atoms with Crippen LogP contribution in [0.4, 0.5) is 0 Å². The molecule has 4 N–H and O–H groups in total. The molecule has 1 aliphatic heterocycles. The smallest absolute Gasteiger partial charge is 0.326 e. The summed E-state index contributed by atoms with van der Waals surface area (Å²) in [7, 11) is 0. The molecule has 1 heterocycles. The number of hydrogen-bond donors (Lipinski definition) is 4. The molecule has 0 bridgehead atoms. The van der Waals surface area contributed by atoms with Gasteiger partial charge in [0.05, 0.1) is 6.04 Å². The summed E-state index contributed by atoms with van der Waals surface area (Å²) in [5, 5.41) is 17.6. The average molecular weight is 327 g/mol. The molecule has 1 fully saturated rings. The largest absolute Gasteiger partial charge is 0.480 e. The highest BCUT2D eigenvalue weighted by molar-refractivity contribution is 5.91. The second-order valence-electron chi connectivity index (χ2n) is 6.91. The zero-order valence-corrected chi connectivity index (χ0v) is 14.4. The second kappa shape index (κ2) is 8.86. The lowest BCUT2D eigenvalue weighted by Gasteiger charge is -2.25. The van der Waals surface area contributed by atoms with Gasteiger partial charge in [0.1, 0.15) is 12.1 Å². The fraction of sp³-hybridized carbons (Fsp3) is 0.812. The van der Waals surface area contributed by atoms with Crippen molar-refractivity contribution >= 4 is 17.8 Å². The van der Waals surface area contributed by atoms with Crippen molar-refractivity contribution in [2.75, 3.05) is 6.54 Å². The normalized spacial score (nSPS) is 20.3. The first-order valence-electron chi connectivity index (χ1n) is 8.29. The molecule has 3 atom stereocenters. The van der Waals surface area contributed by atoms with Crippen LogP contribution < -0.4 is 16.0 Å². The predicted octanol–water partition coefficient (Wildman–Crippen LogP) is 0.495. The Kier molecular flexibility index (Phi) is 7.48. The molecule has 0 unspecified atom stereocenters. The number of carboxylic acid groups (broad SMARTS) is 1. The molecule has 0 spiro atoms. The number of rotatable bonds is 8. The summed E-state index contributed by atoms with van der Waals surface area (Å²) < 4.78 is 0. The van der Waals surface area contributed by atoms with Gasteiger partial charge in [0, 0.05) is 0 Å². The number of carboxylic acids is 1. The summed E-state index contributed by atoms with van der Waals surface area (Å²) in [5.41, 5.74) is 0. The number of carbonyl (C=O) groups excluding carboxylic acids is 2. The molecule has 0 radical (unpaired) electrons. The minimum atomic E-state index is -1.07. The van der Waals surface area contributed by atoms with Crippen molar-refractivity contribution in [2.24, 2.45) is 11.8 Å². The number of nitrogens with one attached hydrogen (secondary N) is 3. The molecule has 1 saturated heterocycles. The van der Waals surface area contributed by atoms with E-state index in [0.29, 0.717) is 6.42 Å². The summed E-state index contributed by atoms with van der Waals surface area (Å²) in [6.45, 7) is 8.18. The van der Waals surface area contributed by atoms with Crippen molar-refractivity contribution in [1.29, 1.82) is 0 Å². The highest BCUT2D eigenvalue weighted by Gasteiger charge is 2.31. The Bertz CT molecular complexity index is 431. The third kappa shape index (κ3) is 6.17. The van der Waals surface area contributed by atoms with Crippen molar-refractivity contribution < 1.29 is 19.5 Å². The van der Waals surface area contributed by atoms with E-state index < -0.39 is 24.0 Å². The average Bonchev–Trinajstić information content (AvgIpc) is 2.96. The molecule has 0 aromatic carbocycles. The molecular weight excluding hydrogens is 298 g/mol. The zero-order chi connectivity index (χ0) is 17.6. The molecule has 132 valence electrons. The van der Waals surface area contributed by atoms with E-state index in [4.69, 9.17) is 0 Å². The van der Waals surface area contributed by atoms with Gasteiger partial charge in [-0.25, -0.2) is 4.79 Å². The number of amides is 2. The van der Waals surface area contributed by atoms with Crippen molar-refractivity contribution in [3.05, 3.63) is 0 Å². The van der Waals surface area contributed by atoms with Gasteiger partial charge in [0.15, 0.2) is 0 Å². The van der Waals surface area contributed by atoms with Crippen LogP contribution in [0.3, 0.4) is 0 Å². The standard InChI is InChI=1S/C16H29N3O4/c1-9(2)8-12(18-14(20)11-6-5-7-17-11)15(21)19-13(10(3)4)16(22)23/h9-13,17H,5-8H2,1-4H3,(H,18,20)(H,19,21)(H,22,23)/t11-,12-,13-/m0/s1. The SMILES string of the molecule is CC(C)C[C@H](NC(=O)[C@@H]1CCCN1)C(=O)N[C@H](C(=O)O)C(C)C. The fourth-order valence-electron chi connectivity index (χ4n) is 2.65. The Morgan fingerprint density at radius 2 is 1.83 bits per heavy atom. The van der Waals surface area contributed by atoms with Crippen LogP contribution in [0.15, 0.2) is 0 Å². The highest BCUT2D eigenvalue weighted by Crippen LogP contribution is 2.10. The first kappa shape index (κ1) is 19.4. The van der Waals surface area contributed by atoms with E-state index in [1.165, 1.54) is 0 Å². The highest BCUT2D eigenvalue weighted by atomic mass is 16.4. The van der Waals surface area contributed by atoms with Crippen LogP contribution in [0.5, 0.6) is 0 Å². The maximum atomic E-state index is 12.4. The van der Waals surface area contributed by atoms with E-state index in [0.717, 1.165) is 19.4 Å². The van der Waals surface area contributed by atoms with Crippen LogP contribution in [0, 0.1) is 11.8 Å². The Labute approximate surface area is 137 Å². The molecule has 7 nitrogen and oxygen atoms in total. The van der Waals surface area contributed by atoms with Gasteiger partial charge in [-0.15, -0.1) is 0 Å². The predicted molar refractivity (Wildman–Crippen MR) is 86.8 cm³/mol. The lowest BCUT2D eigenvalue weighted by Crippen LogP contribution is -2.55. The Morgan fingerprint density at radius 1 is 1.17 bits per heavy atom. The van der Waals surface area contributed by atoms with Crippen LogP contribution >= 0.6 is 0 Å². The lowest BCUT2D eigenvalue weighted by atomic mass is 10.00. The third-order valence-corrected chi connectivity index (χ3v) is 3.95. The molecule has 0 aromatic heterocycles. The molecule has 0 saturated carbocycles. The van der Waals surface area contributed by atoms with Crippen LogP contribution in [-0.4, -0.2) is 47.6 Å². The molecule has 7 heteroatoms. The summed E-state index contributed by atoms with van der Waals surface area (Å²) in [6.07, 6.45) is 2.16. The van der Waals surface area contributed by atoms with Crippen molar-refractivity contribution in [1.82, 2.24) is 16.0 Å². The minimum absolute atomic E-state index is 0.195. The van der Waals surface area contributed by atoms with Crippen molar-refractivity contribution in [3.63, 3.8) is 0 Å². The van der Waals surface area contributed by atoms with Gasteiger partial charge in [-0.3, -0.25) is 9.59 Å². The molecule has 0 aromatic rings. The first-order valence-corrected chi connectivity index (χ1v) is 8.29. The lowest BCUT2D eigenvalue weighted by molar-refractivity contribution is -0.143. The van der Waals surface area contributed by atoms with Crippen LogP contribution in [-0.2, 0) is 14.4 Å². The molecule has 1 rings (SSSR count). The minimum Gasteiger partial charge on any atom is -0.480 e. The van der Waals surface area contributed by atoms with Crippen molar-refractivity contribution in [3.8, 4) is 0 Å². The molecule has 2 amide bonds. The molecular formula is C16H29N3O4. The third-order valence-electron chi connectivity index (χ3n) is 3.95. The van der Waals surface area contributed by atoms with Gasteiger partial charge < -0.3 is 21.1 Å². The summed E-state index contributed by atoms with van der Waals surface area (Å²) >= 11 is 0. The van der Waals surface area contributed by atoms with Crippen LogP contribution in [0.1, 0.15) is 47.0 Å². The first-order chi connectivity index (χ1) is 10.7. The molecule has 1 aliphatic rings. The van der Waals surface area contributed by atoms with Gasteiger partial charge >= 0.3 is 5.97 Å². The number of aliphatic carboxylic acids is 1. The van der Waals surface area contributed by atoms with Crippen LogP contribution in [0.2, 0.25) is 0 Å². The van der Waals surface area contributed by atoms with Gasteiger partial charge in [-0.05, 0) is 37.6 Å². The van der Waals surface area contributed by atoms with E-state index in [9.17, 15) is 19.5 Å². The quantitative estimate of drug-likeness (QED) is 0.519. The van der Waals surface area contributed by atoms with Crippen molar-refractivity contribution in [2.45, 2.75) is 65.1 Å². The van der Waals surface area contributed by atoms with E-state index in [1.54, 1.807) is 13.8 Å². The van der Waals surface area contributed by atoms with Gasteiger partial charge in [-0.2, -0.15) is 0 Å². The van der Waals surface area contributed by atoms with E-state index >= 15 is 0 Å². The van der Waals surface area contributed by atoms with E-state index in [1.807, 2.05) is 13.8 Å². The summed E-state index contributed by atoms with van der Waals surface area (Å²) in [6, 6.07) is -1.94. The van der Waals surface area contributed by atoms with Gasteiger partial charge in [-0.1, -0.05) is 27.7 Å². The Hall–Kier alpha value is -1.63. The maximum Gasteiger partial charge on any atom is 0.326 e. The van der Waals surface area contributed by atoms with Gasteiger partial charge in [0.25, 0.3) is 0 Å². The Morgan fingerprint density at radius 3 is 2.26 bits per heavy atom. The van der Waals surface area contributed by atoms with Crippen LogP contribution in [0.25, 0.3) is 0 Å². The Balaban J connectivity index is 2.73. The maximum absolute atomic E-state index is 12.4. The molecule has 0 aliphatic carbocycles. The topological polar surface area (TPSA) is 108 Å². The van der Waals surface area contributed by atoms with E-state index in [2.05, 4.69) is 16.0 Å².